The first-order valence-electron chi connectivity index (χ1n) is 2.55. The van der Waals surface area contributed by atoms with Gasteiger partial charge in [0.2, 0.25) is 5.91 Å². The van der Waals surface area contributed by atoms with Gasteiger partial charge < -0.3 is 5.32 Å². The number of rotatable bonds is 0. The molecule has 0 bridgehead atoms. The summed E-state index contributed by atoms with van der Waals surface area (Å²) in [5, 5.41) is 2.82. The molecule has 1 saturated heterocycles. The van der Waals surface area contributed by atoms with Crippen LogP contribution in [0.4, 0.5) is 0 Å². The largest absolute Gasteiger partial charge is 0.341 e. The lowest BCUT2D eigenvalue weighted by molar-refractivity contribution is -0.118. The van der Waals surface area contributed by atoms with E-state index >= 15 is 0 Å². The van der Waals surface area contributed by atoms with Gasteiger partial charge in [-0.25, -0.2) is 0 Å². The molecular weight excluding hydrogens is 122 g/mol. The van der Waals surface area contributed by atoms with Gasteiger partial charge >= 0.3 is 0 Å². The van der Waals surface area contributed by atoms with E-state index in [1.165, 1.54) is 0 Å². The van der Waals surface area contributed by atoms with E-state index in [9.17, 15) is 4.79 Å². The van der Waals surface area contributed by atoms with Gasteiger partial charge in [0, 0.05) is 0 Å². The first-order valence-corrected chi connectivity index (χ1v) is 3.54. The van der Waals surface area contributed by atoms with Crippen molar-refractivity contribution in [3.05, 3.63) is 0 Å². The standard InChI is InChI=1S/C5H9NOS/c1-5(2)6-4(7)3-8-5/h3H2,1-2H3,(H,6,7). The fourth-order valence-electron chi connectivity index (χ4n) is 0.654. The van der Waals surface area contributed by atoms with Gasteiger partial charge in [0.05, 0.1) is 10.6 Å². The molecule has 2 nitrogen and oxygen atoms in total. The highest BCUT2D eigenvalue weighted by molar-refractivity contribution is 8.01. The normalized spacial score (nSPS) is 25.5. The lowest BCUT2D eigenvalue weighted by Gasteiger charge is -2.14. The molecule has 1 aliphatic heterocycles. The minimum absolute atomic E-state index is 0.0168. The predicted molar refractivity (Wildman–Crippen MR) is 34.7 cm³/mol. The molecule has 1 fully saturated rings. The maximum Gasteiger partial charge on any atom is 0.231 e. The van der Waals surface area contributed by atoms with E-state index in [4.69, 9.17) is 0 Å². The van der Waals surface area contributed by atoms with Crippen LogP contribution in [0, 0.1) is 0 Å². The Bertz CT molecular complexity index is 122. The fourth-order valence-corrected chi connectivity index (χ4v) is 1.40. The second-order valence-electron chi connectivity index (χ2n) is 2.35. The van der Waals surface area contributed by atoms with Gasteiger partial charge in [-0.2, -0.15) is 0 Å². The predicted octanol–water partition coefficient (Wildman–Crippen LogP) is 0.585. The number of carbonyl (C=O) groups is 1. The lowest BCUT2D eigenvalue weighted by atomic mass is 10.4. The molecule has 1 rings (SSSR count). The molecule has 0 aliphatic carbocycles. The van der Waals surface area contributed by atoms with E-state index in [1.54, 1.807) is 11.8 Å². The van der Waals surface area contributed by atoms with Gasteiger partial charge in [-0.3, -0.25) is 4.79 Å². The van der Waals surface area contributed by atoms with E-state index in [0.717, 1.165) is 0 Å². The van der Waals surface area contributed by atoms with E-state index in [0.29, 0.717) is 5.75 Å². The molecule has 1 heterocycles. The Balaban J connectivity index is 2.56. The van der Waals surface area contributed by atoms with Gasteiger partial charge in [0.1, 0.15) is 0 Å². The van der Waals surface area contributed by atoms with Crippen molar-refractivity contribution in [2.75, 3.05) is 5.75 Å². The van der Waals surface area contributed by atoms with Crippen LogP contribution in [0.1, 0.15) is 13.8 Å². The molecule has 0 aromatic heterocycles. The third kappa shape index (κ3) is 1.15. The molecule has 1 amide bonds. The van der Waals surface area contributed by atoms with Gasteiger partial charge in [-0.05, 0) is 13.8 Å². The summed E-state index contributed by atoms with van der Waals surface area (Å²) in [7, 11) is 0. The maximum absolute atomic E-state index is 10.5. The average Bonchev–Trinajstić information content (AvgIpc) is 1.82. The quantitative estimate of drug-likeness (QED) is 0.521. The summed E-state index contributed by atoms with van der Waals surface area (Å²) in [6.45, 7) is 4.01. The minimum atomic E-state index is -0.0168. The molecule has 0 radical (unpaired) electrons. The summed E-state index contributed by atoms with van der Waals surface area (Å²) < 4.78 is 0. The lowest BCUT2D eigenvalue weighted by Crippen LogP contribution is -2.32. The monoisotopic (exact) mass is 131 g/mol. The van der Waals surface area contributed by atoms with Gasteiger partial charge in [0.15, 0.2) is 0 Å². The van der Waals surface area contributed by atoms with E-state index in [2.05, 4.69) is 5.32 Å². The SMILES string of the molecule is CC1(C)NC(=O)CS1. The molecule has 0 unspecified atom stereocenters. The van der Waals surface area contributed by atoms with Gasteiger partial charge in [-0.1, -0.05) is 0 Å². The van der Waals surface area contributed by atoms with Crippen molar-refractivity contribution >= 4 is 17.7 Å². The highest BCUT2D eigenvalue weighted by Crippen LogP contribution is 2.25. The highest BCUT2D eigenvalue weighted by atomic mass is 32.2. The van der Waals surface area contributed by atoms with Crippen LogP contribution in [0.15, 0.2) is 0 Å². The highest BCUT2D eigenvalue weighted by Gasteiger charge is 2.27. The second-order valence-corrected chi connectivity index (χ2v) is 3.95. The molecule has 0 spiro atoms. The van der Waals surface area contributed by atoms with Crippen LogP contribution in [0.3, 0.4) is 0 Å². The molecule has 1 aliphatic rings. The molecule has 0 atom stereocenters. The summed E-state index contributed by atoms with van der Waals surface area (Å²) in [5.41, 5.74) is 0. The Morgan fingerprint density at radius 2 is 2.38 bits per heavy atom. The Hall–Kier alpha value is -0.180. The summed E-state index contributed by atoms with van der Waals surface area (Å²) >= 11 is 1.65. The summed E-state index contributed by atoms with van der Waals surface area (Å²) in [5.74, 6) is 0.771. The minimum Gasteiger partial charge on any atom is -0.341 e. The van der Waals surface area contributed by atoms with Crippen LogP contribution in [-0.2, 0) is 4.79 Å². The Labute approximate surface area is 53.0 Å². The zero-order chi connectivity index (χ0) is 6.20. The Morgan fingerprint density at radius 3 is 2.50 bits per heavy atom. The second kappa shape index (κ2) is 1.65. The summed E-state index contributed by atoms with van der Waals surface area (Å²) in [6, 6.07) is 0. The van der Waals surface area contributed by atoms with E-state index in [1.807, 2.05) is 13.8 Å². The van der Waals surface area contributed by atoms with Crippen LogP contribution in [0.5, 0.6) is 0 Å². The van der Waals surface area contributed by atoms with Crippen molar-refractivity contribution in [2.24, 2.45) is 0 Å². The molecular formula is C5H9NOS. The fraction of sp³-hybridized carbons (Fsp3) is 0.800. The van der Waals surface area contributed by atoms with Crippen molar-refractivity contribution in [1.29, 1.82) is 0 Å². The van der Waals surface area contributed by atoms with Crippen LogP contribution < -0.4 is 5.32 Å². The molecule has 8 heavy (non-hydrogen) atoms. The number of carbonyl (C=O) groups excluding carboxylic acids is 1. The molecule has 3 heteroatoms. The summed E-state index contributed by atoms with van der Waals surface area (Å²) in [6.07, 6.45) is 0. The van der Waals surface area contributed by atoms with Crippen molar-refractivity contribution in [3.8, 4) is 0 Å². The molecule has 1 N–H and O–H groups in total. The van der Waals surface area contributed by atoms with Crippen molar-refractivity contribution in [1.82, 2.24) is 5.32 Å². The van der Waals surface area contributed by atoms with Crippen LogP contribution in [-0.4, -0.2) is 16.5 Å². The third-order valence-electron chi connectivity index (χ3n) is 1.00. The number of hydrogen-bond donors (Lipinski definition) is 1. The van der Waals surface area contributed by atoms with Crippen molar-refractivity contribution < 1.29 is 4.79 Å². The average molecular weight is 131 g/mol. The van der Waals surface area contributed by atoms with Crippen LogP contribution in [0.2, 0.25) is 0 Å². The van der Waals surface area contributed by atoms with Gasteiger partial charge in [0.25, 0.3) is 0 Å². The summed E-state index contributed by atoms with van der Waals surface area (Å²) in [4.78, 5) is 10.5. The zero-order valence-electron chi connectivity index (χ0n) is 5.02. The Kier molecular flexibility index (Phi) is 1.23. The smallest absolute Gasteiger partial charge is 0.231 e. The Morgan fingerprint density at radius 1 is 1.75 bits per heavy atom. The molecule has 0 saturated carbocycles. The first-order chi connectivity index (χ1) is 3.60. The number of nitrogens with one attached hydrogen (secondary N) is 1. The molecule has 0 aromatic rings. The molecule has 46 valence electrons. The first kappa shape index (κ1) is 5.95. The van der Waals surface area contributed by atoms with Gasteiger partial charge in [-0.15, -0.1) is 11.8 Å². The van der Waals surface area contributed by atoms with E-state index < -0.39 is 0 Å². The van der Waals surface area contributed by atoms with Crippen LogP contribution >= 0.6 is 11.8 Å². The van der Waals surface area contributed by atoms with Crippen molar-refractivity contribution in [2.45, 2.75) is 18.7 Å². The van der Waals surface area contributed by atoms with Crippen molar-refractivity contribution in [3.63, 3.8) is 0 Å². The number of hydrogen-bond acceptors (Lipinski definition) is 2. The maximum atomic E-state index is 10.5. The van der Waals surface area contributed by atoms with E-state index in [-0.39, 0.29) is 10.8 Å². The topological polar surface area (TPSA) is 29.1 Å². The van der Waals surface area contributed by atoms with Crippen LogP contribution in [0.25, 0.3) is 0 Å². The number of thioether (sulfide) groups is 1. The zero-order valence-corrected chi connectivity index (χ0v) is 5.84. The number of amides is 1. The molecule has 0 aromatic carbocycles. The third-order valence-corrected chi connectivity index (χ3v) is 2.23.